The average molecular weight is 194 g/mol. The number of aromatic nitrogens is 1. The van der Waals surface area contributed by atoms with Gasteiger partial charge in [0, 0.05) is 18.2 Å². The first-order valence-electron chi connectivity index (χ1n) is 5.14. The number of hydrogen-bond acceptors (Lipinski definition) is 2. The average Bonchev–Trinajstić information content (AvgIpc) is 2.20. The lowest BCUT2D eigenvalue weighted by molar-refractivity contribution is 0.384. The monoisotopic (exact) mass is 194 g/mol. The van der Waals surface area contributed by atoms with Crippen LogP contribution in [0.5, 0.6) is 0 Å². The number of pyridine rings is 1. The van der Waals surface area contributed by atoms with Crippen molar-refractivity contribution in [1.82, 2.24) is 4.98 Å². The molecule has 1 aromatic heterocycles. The quantitative estimate of drug-likeness (QED) is 0.696. The van der Waals surface area contributed by atoms with Gasteiger partial charge < -0.3 is 5.73 Å². The van der Waals surface area contributed by atoms with Crippen LogP contribution in [0.2, 0.25) is 0 Å². The van der Waals surface area contributed by atoms with Gasteiger partial charge in [-0.15, -0.1) is 0 Å². The van der Waals surface area contributed by atoms with Crippen LogP contribution in [0.3, 0.4) is 0 Å². The van der Waals surface area contributed by atoms with Crippen molar-refractivity contribution < 1.29 is 4.39 Å². The zero-order valence-corrected chi connectivity index (χ0v) is 8.12. The predicted octanol–water partition coefficient (Wildman–Crippen LogP) is 2.21. The molecule has 1 saturated carbocycles. The summed E-state index contributed by atoms with van der Waals surface area (Å²) in [5.41, 5.74) is 7.11. The number of hydrogen-bond donors (Lipinski definition) is 1. The molecular weight excluding hydrogens is 179 g/mol. The van der Waals surface area contributed by atoms with Gasteiger partial charge in [0.15, 0.2) is 0 Å². The molecule has 2 nitrogen and oxygen atoms in total. The Bertz CT molecular complexity index is 297. The number of halogens is 1. The first kappa shape index (κ1) is 9.59. The molecule has 0 bridgehead atoms. The molecule has 76 valence electrons. The molecule has 0 aromatic carbocycles. The van der Waals surface area contributed by atoms with E-state index in [-0.39, 0.29) is 6.04 Å². The molecule has 2 unspecified atom stereocenters. The van der Waals surface area contributed by atoms with E-state index < -0.39 is 5.95 Å². The molecule has 2 atom stereocenters. The second-order valence-electron chi connectivity index (χ2n) is 3.97. The maximum absolute atomic E-state index is 12.6. The lowest BCUT2D eigenvalue weighted by Gasteiger charge is -2.28. The largest absolute Gasteiger partial charge is 0.327 e. The van der Waals surface area contributed by atoms with E-state index in [2.05, 4.69) is 4.98 Å². The summed E-state index contributed by atoms with van der Waals surface area (Å²) in [6.45, 7) is 0. The van der Waals surface area contributed by atoms with Crippen molar-refractivity contribution in [3.8, 4) is 0 Å². The summed E-state index contributed by atoms with van der Waals surface area (Å²) < 4.78 is 12.6. The van der Waals surface area contributed by atoms with Crippen LogP contribution >= 0.6 is 0 Å². The molecule has 1 fully saturated rings. The Labute approximate surface area is 83.3 Å². The van der Waals surface area contributed by atoms with E-state index >= 15 is 0 Å². The summed E-state index contributed by atoms with van der Waals surface area (Å²) in [5, 5.41) is 0. The summed E-state index contributed by atoms with van der Waals surface area (Å²) in [4.78, 5) is 3.67. The summed E-state index contributed by atoms with van der Waals surface area (Å²) in [6, 6.07) is 3.44. The maximum atomic E-state index is 12.6. The Morgan fingerprint density at radius 3 is 2.71 bits per heavy atom. The summed E-state index contributed by atoms with van der Waals surface area (Å²) in [6.07, 6.45) is 6.23. The lowest BCUT2D eigenvalue weighted by atomic mass is 9.81. The topological polar surface area (TPSA) is 38.9 Å². The Morgan fingerprint density at radius 1 is 1.29 bits per heavy atom. The number of nitrogens with zero attached hydrogens (tertiary/aromatic N) is 1. The third-order valence-electron chi connectivity index (χ3n) is 3.00. The highest BCUT2D eigenvalue weighted by Gasteiger charge is 2.23. The second-order valence-corrected chi connectivity index (χ2v) is 3.97. The highest BCUT2D eigenvalue weighted by atomic mass is 19.1. The molecule has 2 N–H and O–H groups in total. The molecule has 0 aliphatic heterocycles. The molecule has 0 spiro atoms. The second kappa shape index (κ2) is 4.05. The fourth-order valence-electron chi connectivity index (χ4n) is 2.18. The first-order chi connectivity index (χ1) is 6.77. The zero-order valence-electron chi connectivity index (χ0n) is 8.12. The lowest BCUT2D eigenvalue weighted by Crippen LogP contribution is -2.31. The third kappa shape index (κ3) is 1.93. The van der Waals surface area contributed by atoms with E-state index in [1.165, 1.54) is 18.9 Å². The Hall–Kier alpha value is -0.960. The SMILES string of the molecule is NC1CCCCC1c1ccc(F)nc1. The molecule has 0 amide bonds. The van der Waals surface area contributed by atoms with Crippen LogP contribution in [0, 0.1) is 5.95 Å². The van der Waals surface area contributed by atoms with Crippen molar-refractivity contribution >= 4 is 0 Å². The maximum Gasteiger partial charge on any atom is 0.212 e. The van der Waals surface area contributed by atoms with Gasteiger partial charge in [0.1, 0.15) is 0 Å². The Balaban J connectivity index is 2.16. The van der Waals surface area contributed by atoms with Crippen molar-refractivity contribution in [2.75, 3.05) is 0 Å². The summed E-state index contributed by atoms with van der Waals surface area (Å²) in [7, 11) is 0. The van der Waals surface area contributed by atoms with Crippen molar-refractivity contribution in [3.63, 3.8) is 0 Å². The first-order valence-corrected chi connectivity index (χ1v) is 5.14. The Kier molecular flexibility index (Phi) is 2.77. The van der Waals surface area contributed by atoms with Gasteiger partial charge in [-0.25, -0.2) is 4.98 Å². The van der Waals surface area contributed by atoms with Crippen LogP contribution in [-0.2, 0) is 0 Å². The molecule has 1 aliphatic rings. The molecule has 1 aliphatic carbocycles. The Morgan fingerprint density at radius 2 is 2.07 bits per heavy atom. The molecule has 3 heteroatoms. The fourth-order valence-corrected chi connectivity index (χ4v) is 2.18. The van der Waals surface area contributed by atoms with E-state index in [0.717, 1.165) is 18.4 Å². The highest BCUT2D eigenvalue weighted by Crippen LogP contribution is 2.31. The van der Waals surface area contributed by atoms with Gasteiger partial charge in [-0.05, 0) is 24.5 Å². The van der Waals surface area contributed by atoms with Crippen LogP contribution < -0.4 is 5.73 Å². The molecule has 1 heterocycles. The molecule has 1 aromatic rings. The normalized spacial score (nSPS) is 27.6. The van der Waals surface area contributed by atoms with Crippen LogP contribution in [0.15, 0.2) is 18.3 Å². The van der Waals surface area contributed by atoms with Crippen LogP contribution in [-0.4, -0.2) is 11.0 Å². The van der Waals surface area contributed by atoms with E-state index in [1.807, 2.05) is 0 Å². The van der Waals surface area contributed by atoms with Crippen LogP contribution in [0.4, 0.5) is 4.39 Å². The van der Waals surface area contributed by atoms with Gasteiger partial charge >= 0.3 is 0 Å². The van der Waals surface area contributed by atoms with Crippen LogP contribution in [0.25, 0.3) is 0 Å². The van der Waals surface area contributed by atoms with Crippen molar-refractivity contribution in [1.29, 1.82) is 0 Å². The van der Waals surface area contributed by atoms with Crippen molar-refractivity contribution in [2.45, 2.75) is 37.6 Å². The van der Waals surface area contributed by atoms with Crippen LogP contribution in [0.1, 0.15) is 37.2 Å². The fraction of sp³-hybridized carbons (Fsp3) is 0.545. The minimum Gasteiger partial charge on any atom is -0.327 e. The summed E-state index contributed by atoms with van der Waals surface area (Å²) in [5.74, 6) is -0.0463. The van der Waals surface area contributed by atoms with Gasteiger partial charge in [-0.1, -0.05) is 18.9 Å². The molecule has 0 saturated heterocycles. The van der Waals surface area contributed by atoms with E-state index in [4.69, 9.17) is 5.73 Å². The predicted molar refractivity (Wildman–Crippen MR) is 53.4 cm³/mol. The van der Waals surface area contributed by atoms with Crippen molar-refractivity contribution in [2.24, 2.45) is 5.73 Å². The van der Waals surface area contributed by atoms with Gasteiger partial charge in [-0.2, -0.15) is 4.39 Å². The van der Waals surface area contributed by atoms with Gasteiger partial charge in [0.25, 0.3) is 0 Å². The minimum atomic E-state index is -0.418. The van der Waals surface area contributed by atoms with E-state index in [1.54, 1.807) is 12.3 Å². The van der Waals surface area contributed by atoms with Gasteiger partial charge in [-0.3, -0.25) is 0 Å². The van der Waals surface area contributed by atoms with Gasteiger partial charge in [0.2, 0.25) is 5.95 Å². The third-order valence-corrected chi connectivity index (χ3v) is 3.00. The summed E-state index contributed by atoms with van der Waals surface area (Å²) >= 11 is 0. The molecule has 0 radical (unpaired) electrons. The zero-order chi connectivity index (χ0) is 9.97. The minimum absolute atomic E-state index is 0.219. The van der Waals surface area contributed by atoms with Gasteiger partial charge in [0.05, 0.1) is 0 Å². The molecular formula is C11H15FN2. The standard InChI is InChI=1S/C11H15FN2/c12-11-6-5-8(7-14-11)9-3-1-2-4-10(9)13/h5-7,9-10H,1-4,13H2. The number of nitrogens with two attached hydrogens (primary N) is 1. The van der Waals surface area contributed by atoms with E-state index in [0.29, 0.717) is 5.92 Å². The van der Waals surface area contributed by atoms with Crippen molar-refractivity contribution in [3.05, 3.63) is 29.8 Å². The van der Waals surface area contributed by atoms with E-state index in [9.17, 15) is 4.39 Å². The smallest absolute Gasteiger partial charge is 0.212 e. The highest BCUT2D eigenvalue weighted by molar-refractivity contribution is 5.18. The molecule has 2 rings (SSSR count). The number of rotatable bonds is 1. The molecule has 14 heavy (non-hydrogen) atoms.